The van der Waals surface area contributed by atoms with E-state index in [0.29, 0.717) is 16.5 Å². The molecule has 0 saturated heterocycles. The average Bonchev–Trinajstić information content (AvgIpc) is 3.13. The van der Waals surface area contributed by atoms with Crippen LogP contribution in [0.4, 0.5) is 5.69 Å². The van der Waals surface area contributed by atoms with Crippen LogP contribution in [0.3, 0.4) is 0 Å². The maximum absolute atomic E-state index is 10.3. The molecule has 232 valence electrons. The van der Waals surface area contributed by atoms with E-state index in [0.717, 1.165) is 0 Å². The van der Waals surface area contributed by atoms with Crippen LogP contribution in [0.25, 0.3) is 0 Å². The number of benzene rings is 2. The normalized spacial score (nSPS) is 17.6. The van der Waals surface area contributed by atoms with Gasteiger partial charge in [-0.1, -0.05) is 127 Å². The summed E-state index contributed by atoms with van der Waals surface area (Å²) in [6, 6.07) is 14.9. The predicted molar refractivity (Wildman–Crippen MR) is 173 cm³/mol. The van der Waals surface area contributed by atoms with Gasteiger partial charge < -0.3 is 4.55 Å². The number of fused-ring (bicyclic) bond motifs is 1. The minimum atomic E-state index is -4.33. The standard InChI is InChI=1S/C29H51N.C6H5ClO3S/c1-5-6-7-8-9-10-11-12-13-14-15-16-17-18-19-22-25-30-26(2)29(3,4)27-23-20-21-24-28(27)30;7-5-1-3-6(4-2-5)11(8,9)10/h20-21,23-24,26H,5-19,22,25H2,1-4H3;1-4H,(H,8,9,10). The molecule has 2 unspecified atom stereocenters. The number of para-hydroxylation sites is 1. The van der Waals surface area contributed by atoms with E-state index in [4.69, 9.17) is 11.6 Å². The van der Waals surface area contributed by atoms with Crippen LogP contribution in [0, 0.1) is 0 Å². The first-order valence-electron chi connectivity index (χ1n) is 16.3. The van der Waals surface area contributed by atoms with Crippen LogP contribution < -0.4 is 4.90 Å². The van der Waals surface area contributed by atoms with Crippen LogP contribution >= 0.6 is 11.6 Å². The summed E-state index contributed by atoms with van der Waals surface area (Å²) in [7, 11) is -4.33. The first-order valence-corrected chi connectivity index (χ1v) is 18.0. The van der Waals surface area contributed by atoms with Crippen molar-refractivity contribution in [3.8, 4) is 0 Å². The maximum atomic E-state index is 10.3. The van der Waals surface area contributed by atoms with E-state index in [1.54, 1.807) is 16.2 Å². The number of nitrogens with one attached hydrogen (secondary N) is 1. The fourth-order valence-electron chi connectivity index (χ4n) is 6.04. The summed E-state index contributed by atoms with van der Waals surface area (Å²) in [5.74, 6) is 0. The summed E-state index contributed by atoms with van der Waals surface area (Å²) in [5.41, 5.74) is 3.45. The molecule has 2 aromatic carbocycles. The Kier molecular flexibility index (Phi) is 16.6. The predicted octanol–water partition coefficient (Wildman–Crippen LogP) is 9.39. The number of hydrogen-bond acceptors (Lipinski definition) is 3. The van der Waals surface area contributed by atoms with Crippen LogP contribution in [-0.2, 0) is 15.5 Å². The van der Waals surface area contributed by atoms with Crippen molar-refractivity contribution in [2.24, 2.45) is 0 Å². The monoisotopic (exact) mass is 605 g/mol. The summed E-state index contributed by atoms with van der Waals surface area (Å²) >= 11 is 5.46. The fourth-order valence-corrected chi connectivity index (χ4v) is 6.64. The lowest BCUT2D eigenvalue weighted by atomic mass is 9.81. The SMILES string of the molecule is CCCCCCCCCCCCCCCCCC[NH+]1c2ccccc2C(C)(C)C1C.O=S(=O)([O-])c1ccc(Cl)cc1. The summed E-state index contributed by atoms with van der Waals surface area (Å²) in [6.07, 6.45) is 23.2. The van der Waals surface area contributed by atoms with Crippen molar-refractivity contribution in [3.05, 3.63) is 59.1 Å². The van der Waals surface area contributed by atoms with Gasteiger partial charge in [0.1, 0.15) is 15.8 Å². The van der Waals surface area contributed by atoms with E-state index in [9.17, 15) is 13.0 Å². The van der Waals surface area contributed by atoms with Gasteiger partial charge in [0.15, 0.2) is 0 Å². The van der Waals surface area contributed by atoms with Crippen LogP contribution in [0.5, 0.6) is 0 Å². The quantitative estimate of drug-likeness (QED) is 0.136. The van der Waals surface area contributed by atoms with Crippen LogP contribution in [-0.4, -0.2) is 25.6 Å². The largest absolute Gasteiger partial charge is 0.744 e. The Morgan fingerprint density at radius 3 is 1.63 bits per heavy atom. The van der Waals surface area contributed by atoms with Crippen molar-refractivity contribution in [1.82, 2.24) is 0 Å². The first kappa shape index (κ1) is 35.8. The third-order valence-electron chi connectivity index (χ3n) is 8.97. The van der Waals surface area contributed by atoms with Gasteiger partial charge in [-0.25, -0.2) is 8.42 Å². The van der Waals surface area contributed by atoms with Crippen molar-refractivity contribution in [1.29, 1.82) is 0 Å². The Balaban J connectivity index is 0.000000446. The highest BCUT2D eigenvalue weighted by Gasteiger charge is 2.45. The molecule has 4 nitrogen and oxygen atoms in total. The molecule has 0 saturated carbocycles. The van der Waals surface area contributed by atoms with Gasteiger partial charge in [0, 0.05) is 16.0 Å². The van der Waals surface area contributed by atoms with Crippen LogP contribution in [0.1, 0.15) is 136 Å². The van der Waals surface area contributed by atoms with Crippen LogP contribution in [0.15, 0.2) is 53.4 Å². The maximum Gasteiger partial charge on any atom is 0.135 e. The van der Waals surface area contributed by atoms with Crippen molar-refractivity contribution < 1.29 is 17.9 Å². The molecule has 0 aromatic heterocycles. The van der Waals surface area contributed by atoms with Crippen molar-refractivity contribution in [3.63, 3.8) is 0 Å². The molecular formula is C35H56ClNO3S. The van der Waals surface area contributed by atoms with Gasteiger partial charge in [-0.3, -0.25) is 4.90 Å². The third kappa shape index (κ3) is 12.8. The smallest absolute Gasteiger partial charge is 0.135 e. The fraction of sp³-hybridized carbons (Fsp3) is 0.657. The first-order chi connectivity index (χ1) is 19.6. The molecule has 0 aliphatic carbocycles. The molecule has 2 aromatic rings. The Morgan fingerprint density at radius 2 is 1.17 bits per heavy atom. The summed E-state index contributed by atoms with van der Waals surface area (Å²) < 4.78 is 31.0. The zero-order valence-electron chi connectivity index (χ0n) is 26.2. The molecular weight excluding hydrogens is 550 g/mol. The Morgan fingerprint density at radius 1 is 0.732 bits per heavy atom. The average molecular weight is 606 g/mol. The molecule has 0 amide bonds. The molecule has 1 aliphatic heterocycles. The zero-order valence-corrected chi connectivity index (χ0v) is 27.8. The molecule has 0 fully saturated rings. The van der Waals surface area contributed by atoms with E-state index < -0.39 is 10.1 Å². The molecule has 0 radical (unpaired) electrons. The highest BCUT2D eigenvalue weighted by molar-refractivity contribution is 7.85. The Hall–Kier alpha value is -1.40. The van der Waals surface area contributed by atoms with Gasteiger partial charge in [-0.2, -0.15) is 0 Å². The van der Waals surface area contributed by atoms with Gasteiger partial charge >= 0.3 is 0 Å². The molecule has 1 heterocycles. The number of hydrogen-bond donors (Lipinski definition) is 1. The number of halogens is 1. The van der Waals surface area contributed by atoms with Gasteiger partial charge in [-0.15, -0.1) is 0 Å². The van der Waals surface area contributed by atoms with Gasteiger partial charge in [0.2, 0.25) is 0 Å². The summed E-state index contributed by atoms with van der Waals surface area (Å²) in [4.78, 5) is 1.46. The lowest BCUT2D eigenvalue weighted by Crippen LogP contribution is -3.10. The molecule has 1 aliphatic rings. The second-order valence-electron chi connectivity index (χ2n) is 12.5. The second-order valence-corrected chi connectivity index (χ2v) is 14.3. The molecule has 2 atom stereocenters. The van der Waals surface area contributed by atoms with Gasteiger partial charge in [-0.05, 0) is 63.9 Å². The number of quaternary nitrogens is 1. The number of rotatable bonds is 18. The van der Waals surface area contributed by atoms with Crippen LogP contribution in [0.2, 0.25) is 5.02 Å². The van der Waals surface area contributed by atoms with Crippen molar-refractivity contribution >= 4 is 27.4 Å². The lowest BCUT2D eigenvalue weighted by molar-refractivity contribution is -0.856. The van der Waals surface area contributed by atoms with E-state index >= 15 is 0 Å². The molecule has 6 heteroatoms. The molecule has 1 N–H and O–H groups in total. The van der Waals surface area contributed by atoms with Crippen molar-refractivity contribution in [2.45, 2.75) is 147 Å². The molecule has 3 rings (SSSR count). The minimum Gasteiger partial charge on any atom is -0.744 e. The van der Waals surface area contributed by atoms with Gasteiger partial charge in [0.05, 0.1) is 17.5 Å². The Bertz CT molecular complexity index is 1080. The molecule has 0 bridgehead atoms. The topological polar surface area (TPSA) is 61.6 Å². The highest BCUT2D eigenvalue weighted by atomic mass is 35.5. The summed E-state index contributed by atoms with van der Waals surface area (Å²) in [6.45, 7) is 10.9. The number of unbranched alkanes of at least 4 members (excludes halogenated alkanes) is 15. The molecule has 0 spiro atoms. The van der Waals surface area contributed by atoms with Crippen molar-refractivity contribution in [2.75, 3.05) is 6.54 Å². The second kappa shape index (κ2) is 19.0. The minimum absolute atomic E-state index is 0.262. The van der Waals surface area contributed by atoms with E-state index in [1.165, 1.54) is 134 Å². The summed E-state index contributed by atoms with van der Waals surface area (Å²) in [5, 5.41) is 0.400. The van der Waals surface area contributed by atoms with E-state index in [-0.39, 0.29) is 4.90 Å². The van der Waals surface area contributed by atoms with E-state index in [2.05, 4.69) is 52.0 Å². The van der Waals surface area contributed by atoms with Gasteiger partial charge in [0.25, 0.3) is 0 Å². The third-order valence-corrected chi connectivity index (χ3v) is 10.1. The Labute approximate surface area is 257 Å². The highest BCUT2D eigenvalue weighted by Crippen LogP contribution is 2.35. The molecule has 41 heavy (non-hydrogen) atoms. The lowest BCUT2D eigenvalue weighted by Gasteiger charge is -2.26. The zero-order chi connectivity index (χ0) is 30.1. The van der Waals surface area contributed by atoms with E-state index in [1.807, 2.05) is 0 Å².